The van der Waals surface area contributed by atoms with Crippen LogP contribution < -0.4 is 5.73 Å². The topological polar surface area (TPSA) is 43.8 Å². The molecule has 0 aliphatic heterocycles. The molecule has 0 spiro atoms. The van der Waals surface area contributed by atoms with Crippen LogP contribution in [-0.2, 0) is 6.54 Å². The van der Waals surface area contributed by atoms with Gasteiger partial charge in [-0.2, -0.15) is 5.10 Å². The fraction of sp³-hybridized carbons (Fsp3) is 0.308. The number of nitrogens with zero attached hydrogens (tertiary/aromatic N) is 2. The Morgan fingerprint density at radius 1 is 1.22 bits per heavy atom. The highest BCUT2D eigenvalue weighted by molar-refractivity contribution is 6.34. The Balaban J connectivity index is 2.26. The summed E-state index contributed by atoms with van der Waals surface area (Å²) in [7, 11) is 0. The maximum atomic E-state index is 6.19. The number of nitrogens with two attached hydrogens (primary N) is 1. The highest BCUT2D eigenvalue weighted by Gasteiger charge is 2.12. The quantitative estimate of drug-likeness (QED) is 0.931. The number of hydrogen-bond donors (Lipinski definition) is 1. The standard InChI is InChI=1S/C13H15Cl2N3/c1-2-3-18-8-10(7-17-18)13(16)9-4-11(14)6-12(15)5-9/h4-8,13H,2-3,16H2,1H3. The lowest BCUT2D eigenvalue weighted by Crippen LogP contribution is -2.11. The lowest BCUT2D eigenvalue weighted by atomic mass is 10.0. The van der Waals surface area contributed by atoms with E-state index >= 15 is 0 Å². The Hall–Kier alpha value is -1.03. The summed E-state index contributed by atoms with van der Waals surface area (Å²) in [5.74, 6) is 0. The van der Waals surface area contributed by atoms with Crippen molar-refractivity contribution in [2.24, 2.45) is 5.73 Å². The van der Waals surface area contributed by atoms with Crippen LogP contribution in [0.3, 0.4) is 0 Å². The second-order valence-electron chi connectivity index (χ2n) is 4.22. The molecule has 1 aromatic heterocycles. The molecule has 2 rings (SSSR count). The summed E-state index contributed by atoms with van der Waals surface area (Å²) in [5, 5.41) is 5.45. The third-order valence-corrected chi connectivity index (χ3v) is 3.15. The van der Waals surface area contributed by atoms with Crippen molar-refractivity contribution in [3.63, 3.8) is 0 Å². The Morgan fingerprint density at radius 3 is 2.50 bits per heavy atom. The minimum atomic E-state index is -0.258. The van der Waals surface area contributed by atoms with E-state index in [0.29, 0.717) is 10.0 Å². The van der Waals surface area contributed by atoms with Crippen LogP contribution in [0.2, 0.25) is 10.0 Å². The van der Waals surface area contributed by atoms with E-state index in [1.807, 2.05) is 23.0 Å². The van der Waals surface area contributed by atoms with Crippen LogP contribution in [-0.4, -0.2) is 9.78 Å². The third-order valence-electron chi connectivity index (χ3n) is 2.71. The lowest BCUT2D eigenvalue weighted by molar-refractivity contribution is 0.602. The van der Waals surface area contributed by atoms with Crippen molar-refractivity contribution in [2.75, 3.05) is 0 Å². The monoisotopic (exact) mass is 283 g/mol. The largest absolute Gasteiger partial charge is 0.320 e. The van der Waals surface area contributed by atoms with Crippen LogP contribution in [0.25, 0.3) is 0 Å². The van der Waals surface area contributed by atoms with Crippen molar-refractivity contribution in [3.05, 3.63) is 51.8 Å². The van der Waals surface area contributed by atoms with Crippen LogP contribution >= 0.6 is 23.2 Å². The second kappa shape index (κ2) is 5.74. The van der Waals surface area contributed by atoms with Gasteiger partial charge in [0, 0.05) is 28.4 Å². The molecule has 0 saturated carbocycles. The van der Waals surface area contributed by atoms with Crippen molar-refractivity contribution in [3.8, 4) is 0 Å². The van der Waals surface area contributed by atoms with Crippen molar-refractivity contribution in [2.45, 2.75) is 25.9 Å². The van der Waals surface area contributed by atoms with Crippen LogP contribution in [0.1, 0.15) is 30.5 Å². The maximum absolute atomic E-state index is 6.19. The second-order valence-corrected chi connectivity index (χ2v) is 5.09. The van der Waals surface area contributed by atoms with Crippen LogP contribution in [0.4, 0.5) is 0 Å². The first-order valence-corrected chi connectivity index (χ1v) is 6.59. The van der Waals surface area contributed by atoms with E-state index in [9.17, 15) is 0 Å². The van der Waals surface area contributed by atoms with E-state index < -0.39 is 0 Å². The molecule has 2 aromatic rings. The number of hydrogen-bond acceptors (Lipinski definition) is 2. The van der Waals surface area contributed by atoms with Crippen LogP contribution in [0.5, 0.6) is 0 Å². The fourth-order valence-electron chi connectivity index (χ4n) is 1.84. The van der Waals surface area contributed by atoms with Gasteiger partial charge in [-0.15, -0.1) is 0 Å². The first kappa shape index (κ1) is 13.4. The Kier molecular flexibility index (Phi) is 4.27. The van der Waals surface area contributed by atoms with Gasteiger partial charge in [0.15, 0.2) is 0 Å². The normalized spacial score (nSPS) is 12.7. The fourth-order valence-corrected chi connectivity index (χ4v) is 2.38. The molecule has 18 heavy (non-hydrogen) atoms. The van der Waals surface area contributed by atoms with Gasteiger partial charge in [0.05, 0.1) is 12.2 Å². The summed E-state index contributed by atoms with van der Waals surface area (Å²) in [6, 6.07) is 5.09. The molecule has 5 heteroatoms. The number of halogens is 2. The van der Waals surface area contributed by atoms with Gasteiger partial charge in [-0.25, -0.2) is 0 Å². The first-order chi connectivity index (χ1) is 8.60. The average molecular weight is 284 g/mol. The van der Waals surface area contributed by atoms with Gasteiger partial charge in [-0.05, 0) is 30.2 Å². The van der Waals surface area contributed by atoms with Crippen LogP contribution in [0.15, 0.2) is 30.6 Å². The summed E-state index contributed by atoms with van der Waals surface area (Å²) in [6.07, 6.45) is 4.79. The zero-order valence-electron chi connectivity index (χ0n) is 10.1. The van der Waals surface area contributed by atoms with Gasteiger partial charge >= 0.3 is 0 Å². The van der Waals surface area contributed by atoms with Gasteiger partial charge in [0.1, 0.15) is 0 Å². The number of aromatic nitrogens is 2. The van der Waals surface area contributed by atoms with Crippen molar-refractivity contribution in [1.82, 2.24) is 9.78 Å². The first-order valence-electron chi connectivity index (χ1n) is 5.84. The number of rotatable bonds is 4. The van der Waals surface area contributed by atoms with Gasteiger partial charge in [-0.1, -0.05) is 30.1 Å². The molecular formula is C13H15Cl2N3. The summed E-state index contributed by atoms with van der Waals surface area (Å²) in [6.45, 7) is 3.00. The molecule has 0 radical (unpaired) electrons. The molecule has 1 aromatic carbocycles. The van der Waals surface area contributed by atoms with Crippen molar-refractivity contribution >= 4 is 23.2 Å². The minimum absolute atomic E-state index is 0.258. The van der Waals surface area contributed by atoms with E-state index in [1.54, 1.807) is 12.3 Å². The number of benzene rings is 1. The van der Waals surface area contributed by atoms with E-state index in [0.717, 1.165) is 24.1 Å². The molecule has 0 amide bonds. The predicted octanol–water partition coefficient (Wildman–Crippen LogP) is 3.65. The zero-order chi connectivity index (χ0) is 13.1. The summed E-state index contributed by atoms with van der Waals surface area (Å²) >= 11 is 12.0. The minimum Gasteiger partial charge on any atom is -0.320 e. The van der Waals surface area contributed by atoms with Gasteiger partial charge < -0.3 is 5.73 Å². The SMILES string of the molecule is CCCn1cc(C(N)c2cc(Cl)cc(Cl)c2)cn1. The van der Waals surface area contributed by atoms with Gasteiger partial charge in [0.25, 0.3) is 0 Å². The summed E-state index contributed by atoms with van der Waals surface area (Å²) in [4.78, 5) is 0. The maximum Gasteiger partial charge on any atom is 0.0583 e. The Bertz CT molecular complexity index is 517. The molecule has 1 atom stereocenters. The molecule has 1 unspecified atom stereocenters. The van der Waals surface area contributed by atoms with E-state index in [2.05, 4.69) is 12.0 Å². The van der Waals surface area contributed by atoms with Crippen LogP contribution in [0, 0.1) is 0 Å². The molecule has 96 valence electrons. The molecule has 0 saturated heterocycles. The third kappa shape index (κ3) is 3.05. The Morgan fingerprint density at radius 2 is 1.89 bits per heavy atom. The highest BCUT2D eigenvalue weighted by Crippen LogP contribution is 2.26. The lowest BCUT2D eigenvalue weighted by Gasteiger charge is -2.10. The van der Waals surface area contributed by atoms with Gasteiger partial charge in [0.2, 0.25) is 0 Å². The smallest absolute Gasteiger partial charge is 0.0583 e. The van der Waals surface area contributed by atoms with Crippen molar-refractivity contribution < 1.29 is 0 Å². The van der Waals surface area contributed by atoms with E-state index in [-0.39, 0.29) is 6.04 Å². The molecule has 0 bridgehead atoms. The number of aryl methyl sites for hydroxylation is 1. The molecule has 0 aliphatic carbocycles. The average Bonchev–Trinajstić information content (AvgIpc) is 2.76. The molecule has 0 aliphatic rings. The Labute approximate surface area is 117 Å². The van der Waals surface area contributed by atoms with E-state index in [4.69, 9.17) is 28.9 Å². The highest BCUT2D eigenvalue weighted by atomic mass is 35.5. The summed E-state index contributed by atoms with van der Waals surface area (Å²) < 4.78 is 1.89. The van der Waals surface area contributed by atoms with Gasteiger partial charge in [-0.3, -0.25) is 4.68 Å². The molecule has 2 N–H and O–H groups in total. The zero-order valence-corrected chi connectivity index (χ0v) is 11.6. The molecule has 1 heterocycles. The predicted molar refractivity (Wildman–Crippen MR) is 75.0 cm³/mol. The molecule has 0 fully saturated rings. The van der Waals surface area contributed by atoms with E-state index in [1.165, 1.54) is 0 Å². The summed E-state index contributed by atoms with van der Waals surface area (Å²) in [5.41, 5.74) is 8.05. The van der Waals surface area contributed by atoms with Crippen molar-refractivity contribution in [1.29, 1.82) is 0 Å². The molecular weight excluding hydrogens is 269 g/mol. The molecule has 3 nitrogen and oxygen atoms in total.